The first-order valence-corrected chi connectivity index (χ1v) is 6.63. The van der Waals surface area contributed by atoms with Crippen molar-refractivity contribution in [2.45, 2.75) is 50.5 Å². The molecule has 1 heteroatoms. The van der Waals surface area contributed by atoms with E-state index in [1.54, 1.807) is 5.56 Å². The first-order valence-electron chi connectivity index (χ1n) is 6.63. The third-order valence-electron chi connectivity index (χ3n) is 4.49. The summed E-state index contributed by atoms with van der Waals surface area (Å²) >= 11 is 0. The van der Waals surface area contributed by atoms with Gasteiger partial charge in [0.2, 0.25) is 0 Å². The van der Waals surface area contributed by atoms with Crippen molar-refractivity contribution in [2.75, 3.05) is 6.54 Å². The maximum Gasteiger partial charge on any atom is 0.0406 e. The Kier molecular flexibility index (Phi) is 2.51. The van der Waals surface area contributed by atoms with Gasteiger partial charge in [-0.15, -0.1) is 0 Å². The van der Waals surface area contributed by atoms with Crippen molar-refractivity contribution in [3.05, 3.63) is 35.4 Å². The van der Waals surface area contributed by atoms with E-state index in [1.807, 2.05) is 0 Å². The van der Waals surface area contributed by atoms with E-state index in [1.165, 1.54) is 44.2 Å². The van der Waals surface area contributed by atoms with Crippen molar-refractivity contribution in [3.8, 4) is 0 Å². The minimum absolute atomic E-state index is 0.234. The summed E-state index contributed by atoms with van der Waals surface area (Å²) in [4.78, 5) is 0. The van der Waals surface area contributed by atoms with Crippen molar-refractivity contribution in [1.82, 2.24) is 5.32 Å². The van der Waals surface area contributed by atoms with Gasteiger partial charge in [-0.2, -0.15) is 0 Å². The summed E-state index contributed by atoms with van der Waals surface area (Å²) in [5.74, 6) is 0.860. The smallest absolute Gasteiger partial charge is 0.0406 e. The van der Waals surface area contributed by atoms with Gasteiger partial charge in [-0.1, -0.05) is 30.7 Å². The third-order valence-corrected chi connectivity index (χ3v) is 4.49. The molecule has 0 aromatic heterocycles. The molecule has 0 bridgehead atoms. The standard InChI is InChI=1S/C15H21N/c1-15(10-3-11-16-15)14-8-6-13(7-9-14)12-4-2-5-12/h6-9,12,16H,2-5,10-11H2,1H3. The minimum atomic E-state index is 0.234. The summed E-state index contributed by atoms with van der Waals surface area (Å²) in [6.07, 6.45) is 6.80. The molecule has 1 atom stereocenters. The van der Waals surface area contributed by atoms with Crippen LogP contribution in [0.4, 0.5) is 0 Å². The number of hydrogen-bond acceptors (Lipinski definition) is 1. The lowest BCUT2D eigenvalue weighted by Crippen LogP contribution is -2.33. The van der Waals surface area contributed by atoms with Gasteiger partial charge in [0, 0.05) is 5.54 Å². The topological polar surface area (TPSA) is 12.0 Å². The molecule has 1 aromatic rings. The van der Waals surface area contributed by atoms with Crippen LogP contribution < -0.4 is 5.32 Å². The Morgan fingerprint density at radius 2 is 1.88 bits per heavy atom. The average molecular weight is 215 g/mol. The summed E-state index contributed by atoms with van der Waals surface area (Å²) in [6.45, 7) is 3.50. The van der Waals surface area contributed by atoms with Gasteiger partial charge in [-0.25, -0.2) is 0 Å². The lowest BCUT2D eigenvalue weighted by Gasteiger charge is -2.28. The molecule has 0 spiro atoms. The lowest BCUT2D eigenvalue weighted by molar-refractivity contribution is 0.417. The van der Waals surface area contributed by atoms with Crippen LogP contribution in [0.1, 0.15) is 56.1 Å². The highest BCUT2D eigenvalue weighted by Crippen LogP contribution is 2.37. The van der Waals surface area contributed by atoms with Crippen molar-refractivity contribution in [3.63, 3.8) is 0 Å². The molecule has 86 valence electrons. The molecule has 3 rings (SSSR count). The molecule has 1 saturated carbocycles. The van der Waals surface area contributed by atoms with Gasteiger partial charge in [0.15, 0.2) is 0 Å². The van der Waals surface area contributed by atoms with Crippen LogP contribution >= 0.6 is 0 Å². The van der Waals surface area contributed by atoms with Gasteiger partial charge in [-0.05, 0) is 56.2 Å². The molecule has 1 aromatic carbocycles. The number of benzene rings is 1. The minimum Gasteiger partial charge on any atom is -0.308 e. The van der Waals surface area contributed by atoms with Crippen LogP contribution in [0.3, 0.4) is 0 Å². The van der Waals surface area contributed by atoms with Gasteiger partial charge < -0.3 is 5.32 Å². The van der Waals surface area contributed by atoms with Crippen molar-refractivity contribution >= 4 is 0 Å². The van der Waals surface area contributed by atoms with Crippen molar-refractivity contribution < 1.29 is 0 Å². The van der Waals surface area contributed by atoms with E-state index in [2.05, 4.69) is 36.5 Å². The van der Waals surface area contributed by atoms with E-state index < -0.39 is 0 Å². The van der Waals surface area contributed by atoms with Crippen LogP contribution in [0.25, 0.3) is 0 Å². The molecule has 2 aliphatic rings. The van der Waals surface area contributed by atoms with Crippen molar-refractivity contribution in [2.24, 2.45) is 0 Å². The fourth-order valence-electron chi connectivity index (χ4n) is 3.01. The Labute approximate surface area is 98.3 Å². The van der Waals surface area contributed by atoms with Gasteiger partial charge in [0.05, 0.1) is 0 Å². The molecule has 16 heavy (non-hydrogen) atoms. The summed E-state index contributed by atoms with van der Waals surface area (Å²) in [5, 5.41) is 3.63. The van der Waals surface area contributed by atoms with Crippen LogP contribution in [0.15, 0.2) is 24.3 Å². The molecule has 1 aliphatic carbocycles. The molecule has 1 aliphatic heterocycles. The highest BCUT2D eigenvalue weighted by Gasteiger charge is 2.30. The van der Waals surface area contributed by atoms with Gasteiger partial charge >= 0.3 is 0 Å². The summed E-state index contributed by atoms with van der Waals surface area (Å²) in [5.41, 5.74) is 3.25. The Morgan fingerprint density at radius 3 is 2.38 bits per heavy atom. The fourth-order valence-corrected chi connectivity index (χ4v) is 3.01. The van der Waals surface area contributed by atoms with Crippen LogP contribution in [-0.2, 0) is 5.54 Å². The first-order chi connectivity index (χ1) is 7.78. The number of rotatable bonds is 2. The molecule has 1 saturated heterocycles. The normalized spacial score (nSPS) is 30.3. The van der Waals surface area contributed by atoms with Crippen LogP contribution in [-0.4, -0.2) is 6.54 Å². The second-order valence-electron chi connectivity index (χ2n) is 5.61. The summed E-state index contributed by atoms with van der Waals surface area (Å²) in [6, 6.07) is 9.38. The van der Waals surface area contributed by atoms with Gasteiger partial charge in [0.1, 0.15) is 0 Å². The monoisotopic (exact) mass is 215 g/mol. The summed E-state index contributed by atoms with van der Waals surface area (Å²) in [7, 11) is 0. The maximum absolute atomic E-state index is 3.63. The van der Waals surface area contributed by atoms with Gasteiger partial charge in [-0.3, -0.25) is 0 Å². The molecule has 1 nitrogen and oxygen atoms in total. The number of hydrogen-bond donors (Lipinski definition) is 1. The lowest BCUT2D eigenvalue weighted by atomic mass is 9.79. The van der Waals surface area contributed by atoms with Gasteiger partial charge in [0.25, 0.3) is 0 Å². The van der Waals surface area contributed by atoms with E-state index in [-0.39, 0.29) is 5.54 Å². The summed E-state index contributed by atoms with van der Waals surface area (Å²) < 4.78 is 0. The zero-order valence-electron chi connectivity index (χ0n) is 10.1. The van der Waals surface area contributed by atoms with Crippen molar-refractivity contribution in [1.29, 1.82) is 0 Å². The molecule has 2 fully saturated rings. The molecule has 1 N–H and O–H groups in total. The quantitative estimate of drug-likeness (QED) is 0.795. The highest BCUT2D eigenvalue weighted by atomic mass is 15.0. The van der Waals surface area contributed by atoms with E-state index >= 15 is 0 Å². The SMILES string of the molecule is CC1(c2ccc(C3CCC3)cc2)CCCN1. The Bertz CT molecular complexity index is 356. The predicted octanol–water partition coefficient (Wildman–Crippen LogP) is 3.55. The average Bonchev–Trinajstić information content (AvgIpc) is 2.65. The predicted molar refractivity (Wildman–Crippen MR) is 67.6 cm³/mol. The molecule has 1 heterocycles. The molecule has 1 unspecified atom stereocenters. The Balaban J connectivity index is 1.81. The van der Waals surface area contributed by atoms with Crippen LogP contribution in [0.2, 0.25) is 0 Å². The molecular weight excluding hydrogens is 194 g/mol. The fraction of sp³-hybridized carbons (Fsp3) is 0.600. The first kappa shape index (κ1) is 10.3. The second-order valence-corrected chi connectivity index (χ2v) is 5.61. The number of nitrogens with one attached hydrogen (secondary N) is 1. The zero-order chi connectivity index (χ0) is 11.0. The molecule has 0 radical (unpaired) electrons. The Hall–Kier alpha value is -0.820. The van der Waals surface area contributed by atoms with E-state index in [0.29, 0.717) is 0 Å². The molecule has 0 amide bonds. The van der Waals surface area contributed by atoms with Crippen LogP contribution in [0, 0.1) is 0 Å². The maximum atomic E-state index is 3.63. The van der Waals surface area contributed by atoms with E-state index in [4.69, 9.17) is 0 Å². The van der Waals surface area contributed by atoms with E-state index in [0.717, 1.165) is 5.92 Å². The largest absolute Gasteiger partial charge is 0.308 e. The van der Waals surface area contributed by atoms with Crippen LogP contribution in [0.5, 0.6) is 0 Å². The highest BCUT2D eigenvalue weighted by molar-refractivity contribution is 5.31. The van der Waals surface area contributed by atoms with E-state index in [9.17, 15) is 0 Å². The molecular formula is C15H21N. The second kappa shape index (κ2) is 3.89. The zero-order valence-corrected chi connectivity index (χ0v) is 10.1. The Morgan fingerprint density at radius 1 is 1.12 bits per heavy atom. The third kappa shape index (κ3) is 1.67.